The van der Waals surface area contributed by atoms with Gasteiger partial charge in [-0.05, 0) is 19.3 Å². The summed E-state index contributed by atoms with van der Waals surface area (Å²) in [5.41, 5.74) is 0. The van der Waals surface area contributed by atoms with Crippen molar-refractivity contribution in [3.05, 3.63) is 24.3 Å². The van der Waals surface area contributed by atoms with Gasteiger partial charge in [0.1, 0.15) is 24.4 Å². The third-order valence-electron chi connectivity index (χ3n) is 7.83. The van der Waals surface area contributed by atoms with Crippen LogP contribution in [0, 0.1) is 0 Å². The first-order valence-corrected chi connectivity index (χ1v) is 16.6. The van der Waals surface area contributed by atoms with Crippen molar-refractivity contribution < 1.29 is 39.8 Å². The Balaban J connectivity index is 2.58. The van der Waals surface area contributed by atoms with Crippen LogP contribution in [-0.4, -0.2) is 87.5 Å². The maximum Gasteiger partial charge on any atom is 0.220 e. The Hall–Kier alpha value is -1.33. The van der Waals surface area contributed by atoms with Gasteiger partial charge in [0.25, 0.3) is 0 Å². The molecule has 7 atom stereocenters. The first kappa shape index (κ1) is 38.7. The van der Waals surface area contributed by atoms with Crippen LogP contribution in [0.15, 0.2) is 24.3 Å². The van der Waals surface area contributed by atoms with E-state index in [0.29, 0.717) is 6.42 Å². The molecule has 1 fully saturated rings. The van der Waals surface area contributed by atoms with Gasteiger partial charge >= 0.3 is 0 Å². The zero-order chi connectivity index (χ0) is 31.0. The van der Waals surface area contributed by atoms with E-state index in [0.717, 1.165) is 32.1 Å². The molecule has 1 saturated heterocycles. The van der Waals surface area contributed by atoms with Crippen LogP contribution in [0.5, 0.6) is 0 Å². The molecule has 9 heteroatoms. The lowest BCUT2D eigenvalue weighted by Gasteiger charge is -2.40. The number of nitrogens with one attached hydrogen (secondary N) is 1. The van der Waals surface area contributed by atoms with E-state index in [4.69, 9.17) is 9.47 Å². The maximum atomic E-state index is 12.7. The molecule has 0 saturated carbocycles. The fourth-order valence-electron chi connectivity index (χ4n) is 5.03. The van der Waals surface area contributed by atoms with Gasteiger partial charge in [-0.3, -0.25) is 4.79 Å². The minimum Gasteiger partial charge on any atom is -0.394 e. The molecule has 42 heavy (non-hydrogen) atoms. The molecule has 0 spiro atoms. The number of hydrogen-bond acceptors (Lipinski definition) is 8. The fourth-order valence-corrected chi connectivity index (χ4v) is 5.03. The maximum absolute atomic E-state index is 12.7. The van der Waals surface area contributed by atoms with Crippen LogP contribution in [0.3, 0.4) is 0 Å². The lowest BCUT2D eigenvalue weighted by atomic mass is 9.99. The number of aliphatic hydroxyl groups excluding tert-OH is 5. The number of carbonyl (C=O) groups is 1. The Morgan fingerprint density at radius 1 is 0.810 bits per heavy atom. The smallest absolute Gasteiger partial charge is 0.220 e. The highest BCUT2D eigenvalue weighted by molar-refractivity contribution is 5.76. The highest BCUT2D eigenvalue weighted by Crippen LogP contribution is 2.22. The molecule has 0 radical (unpaired) electrons. The predicted octanol–water partition coefficient (Wildman–Crippen LogP) is 4.43. The number of unbranched alkanes of at least 4 members (excludes halogenated alkanes) is 14. The lowest BCUT2D eigenvalue weighted by molar-refractivity contribution is -0.302. The summed E-state index contributed by atoms with van der Waals surface area (Å²) >= 11 is 0. The second kappa shape index (κ2) is 25.0. The number of hydrogen-bond donors (Lipinski definition) is 6. The van der Waals surface area contributed by atoms with Crippen molar-refractivity contribution in [3.63, 3.8) is 0 Å². The molecule has 0 bridgehead atoms. The average molecular weight is 600 g/mol. The fraction of sp³-hybridized carbons (Fsp3) is 0.848. The van der Waals surface area contributed by atoms with Gasteiger partial charge in [-0.25, -0.2) is 0 Å². The standard InChI is InChI=1S/C33H61NO8/c1-3-5-7-9-11-13-15-17-19-21-23-29(37)34-26(27(36)22-20-18-16-14-12-10-8-6-4-2)25-41-33-32(40)31(39)30(38)28(24-35)42-33/h16,18,20,22,26-28,30-33,35-36,38-40H,3-15,17,19,21,23-25H2,1-2H3,(H,34,37)/b18-16+,22-20+/t26-,27+,28+,30+,31?,32?,33+/m0/s1. The number of allylic oxidation sites excluding steroid dienone is 3. The van der Waals surface area contributed by atoms with E-state index in [9.17, 15) is 30.3 Å². The van der Waals surface area contributed by atoms with Gasteiger partial charge in [0.05, 0.1) is 25.4 Å². The summed E-state index contributed by atoms with van der Waals surface area (Å²) < 4.78 is 11.1. The molecule has 246 valence electrons. The van der Waals surface area contributed by atoms with Crippen molar-refractivity contribution in [3.8, 4) is 0 Å². The molecule has 1 rings (SSSR count). The van der Waals surface area contributed by atoms with E-state index < -0.39 is 49.5 Å². The molecular formula is C33H61NO8. The summed E-state index contributed by atoms with van der Waals surface area (Å²) in [6, 6.07) is -0.827. The van der Waals surface area contributed by atoms with Crippen molar-refractivity contribution in [1.29, 1.82) is 0 Å². The van der Waals surface area contributed by atoms with Crippen LogP contribution in [0.4, 0.5) is 0 Å². The predicted molar refractivity (Wildman–Crippen MR) is 166 cm³/mol. The second-order valence-corrected chi connectivity index (χ2v) is 11.6. The summed E-state index contributed by atoms with van der Waals surface area (Å²) in [6.45, 7) is 3.64. The van der Waals surface area contributed by atoms with Crippen molar-refractivity contribution in [1.82, 2.24) is 5.32 Å². The minimum atomic E-state index is -1.57. The summed E-state index contributed by atoms with van der Waals surface area (Å²) in [7, 11) is 0. The van der Waals surface area contributed by atoms with Crippen molar-refractivity contribution in [2.24, 2.45) is 0 Å². The largest absolute Gasteiger partial charge is 0.394 e. The summed E-state index contributed by atoms with van der Waals surface area (Å²) in [4.78, 5) is 12.7. The van der Waals surface area contributed by atoms with Gasteiger partial charge in [0.15, 0.2) is 6.29 Å². The average Bonchev–Trinajstić information content (AvgIpc) is 2.98. The summed E-state index contributed by atoms with van der Waals surface area (Å²) in [5, 5.41) is 53.5. The topological polar surface area (TPSA) is 149 Å². The van der Waals surface area contributed by atoms with E-state index in [-0.39, 0.29) is 12.5 Å². The Kier molecular flexibility index (Phi) is 23.1. The molecule has 6 N–H and O–H groups in total. The molecule has 0 aromatic heterocycles. The zero-order valence-electron chi connectivity index (χ0n) is 26.2. The van der Waals surface area contributed by atoms with Crippen LogP contribution in [0.2, 0.25) is 0 Å². The van der Waals surface area contributed by atoms with Gasteiger partial charge in [-0.15, -0.1) is 0 Å². The van der Waals surface area contributed by atoms with Gasteiger partial charge in [0, 0.05) is 6.42 Å². The van der Waals surface area contributed by atoms with E-state index in [1.165, 1.54) is 70.6 Å². The molecule has 2 unspecified atom stereocenters. The van der Waals surface area contributed by atoms with E-state index in [2.05, 4.69) is 25.2 Å². The number of rotatable bonds is 25. The molecular weight excluding hydrogens is 538 g/mol. The number of carbonyl (C=O) groups excluding carboxylic acids is 1. The first-order chi connectivity index (χ1) is 20.3. The van der Waals surface area contributed by atoms with Crippen LogP contribution < -0.4 is 5.32 Å². The zero-order valence-corrected chi connectivity index (χ0v) is 26.2. The van der Waals surface area contributed by atoms with Gasteiger partial charge in [-0.2, -0.15) is 0 Å². The van der Waals surface area contributed by atoms with Gasteiger partial charge in [0.2, 0.25) is 5.91 Å². The number of amides is 1. The molecule has 0 aliphatic carbocycles. The van der Waals surface area contributed by atoms with E-state index in [1.54, 1.807) is 12.2 Å². The highest BCUT2D eigenvalue weighted by atomic mass is 16.7. The van der Waals surface area contributed by atoms with Crippen LogP contribution in [0.1, 0.15) is 123 Å². The van der Waals surface area contributed by atoms with Crippen LogP contribution >= 0.6 is 0 Å². The molecule has 1 amide bonds. The van der Waals surface area contributed by atoms with Gasteiger partial charge in [-0.1, -0.05) is 122 Å². The second-order valence-electron chi connectivity index (χ2n) is 11.6. The Labute approximate surface area is 254 Å². The minimum absolute atomic E-state index is 0.202. The molecule has 1 aliphatic heterocycles. The third-order valence-corrected chi connectivity index (χ3v) is 7.83. The highest BCUT2D eigenvalue weighted by Gasteiger charge is 2.44. The van der Waals surface area contributed by atoms with Gasteiger partial charge < -0.3 is 40.3 Å². The normalized spacial score (nSPS) is 24.4. The molecule has 1 heterocycles. The SMILES string of the molecule is CCCCCCC/C=C/C=C/[C@@H](O)[C@H](CO[C@@H]1O[C@H](CO)[C@@H](O)C(O)C1O)NC(=O)CCCCCCCCCCCC. The molecule has 9 nitrogen and oxygen atoms in total. The van der Waals surface area contributed by atoms with Crippen molar-refractivity contribution in [2.75, 3.05) is 13.2 Å². The number of aliphatic hydroxyl groups is 5. The van der Waals surface area contributed by atoms with E-state index in [1.807, 2.05) is 6.08 Å². The quantitative estimate of drug-likeness (QED) is 0.0667. The first-order valence-electron chi connectivity index (χ1n) is 16.6. The number of ether oxygens (including phenoxy) is 2. The van der Waals surface area contributed by atoms with E-state index >= 15 is 0 Å². The summed E-state index contributed by atoms with van der Waals surface area (Å²) in [5.74, 6) is -0.202. The Morgan fingerprint density at radius 3 is 1.98 bits per heavy atom. The summed E-state index contributed by atoms with van der Waals surface area (Å²) in [6.07, 6.45) is 18.2. The molecule has 0 aromatic carbocycles. The van der Waals surface area contributed by atoms with Crippen molar-refractivity contribution in [2.45, 2.75) is 166 Å². The molecule has 0 aromatic rings. The Morgan fingerprint density at radius 2 is 1.38 bits per heavy atom. The monoisotopic (exact) mass is 599 g/mol. The van der Waals surface area contributed by atoms with Crippen LogP contribution in [-0.2, 0) is 14.3 Å². The van der Waals surface area contributed by atoms with Crippen molar-refractivity contribution >= 4 is 5.91 Å². The van der Waals surface area contributed by atoms with Crippen LogP contribution in [0.25, 0.3) is 0 Å². The lowest BCUT2D eigenvalue weighted by Crippen LogP contribution is -2.60. The third kappa shape index (κ3) is 17.1. The Bertz CT molecular complexity index is 716. The molecule has 1 aliphatic rings.